The van der Waals surface area contributed by atoms with Crippen LogP contribution in [0.25, 0.3) is 0 Å². The second kappa shape index (κ2) is 16.5. The van der Waals surface area contributed by atoms with E-state index in [1.807, 2.05) is 37.3 Å². The molecule has 0 heterocycles. The minimum absolute atomic E-state index is 0.0114. The highest BCUT2D eigenvalue weighted by Gasteiger charge is 2.37. The van der Waals surface area contributed by atoms with Crippen molar-refractivity contribution in [3.05, 3.63) is 64.2 Å². The molecule has 0 aliphatic carbocycles. The second-order valence-corrected chi connectivity index (χ2v) is 9.26. The van der Waals surface area contributed by atoms with Gasteiger partial charge in [0.2, 0.25) is 0 Å². The Hall–Kier alpha value is -3.63. The lowest BCUT2D eigenvalue weighted by Gasteiger charge is -2.31. The lowest BCUT2D eigenvalue weighted by molar-refractivity contribution is -0.192. The third-order valence-corrected chi connectivity index (χ3v) is 5.83. The molecule has 0 spiro atoms. The minimum atomic E-state index is -1.25. The second-order valence-electron chi connectivity index (χ2n) is 8.86. The van der Waals surface area contributed by atoms with Crippen molar-refractivity contribution >= 4 is 35.5 Å². The predicted octanol–water partition coefficient (Wildman–Crippen LogP) is 4.20. The molecule has 40 heavy (non-hydrogen) atoms. The third kappa shape index (κ3) is 11.6. The molecule has 0 aliphatic heterocycles. The fraction of sp³-hybridized carbons (Fsp3) is 0.448. The van der Waals surface area contributed by atoms with E-state index in [1.54, 1.807) is 12.1 Å². The molecule has 0 amide bonds. The van der Waals surface area contributed by atoms with Gasteiger partial charge in [0.1, 0.15) is 25.1 Å². The van der Waals surface area contributed by atoms with Crippen LogP contribution < -0.4 is 4.74 Å². The molecule has 0 aliphatic rings. The van der Waals surface area contributed by atoms with Crippen LogP contribution in [0.4, 0.5) is 0 Å². The van der Waals surface area contributed by atoms with E-state index in [0.29, 0.717) is 18.1 Å². The molecule has 0 saturated heterocycles. The van der Waals surface area contributed by atoms with Crippen molar-refractivity contribution in [1.29, 1.82) is 0 Å². The van der Waals surface area contributed by atoms with Crippen molar-refractivity contribution in [1.82, 2.24) is 0 Å². The molecule has 2 aromatic rings. The van der Waals surface area contributed by atoms with E-state index >= 15 is 0 Å². The summed E-state index contributed by atoms with van der Waals surface area (Å²) in [6.45, 7) is 6.51. The van der Waals surface area contributed by atoms with Crippen molar-refractivity contribution in [2.45, 2.75) is 66.0 Å². The first kappa shape index (κ1) is 32.6. The van der Waals surface area contributed by atoms with Gasteiger partial charge in [-0.25, -0.2) is 0 Å². The molecule has 0 bridgehead atoms. The highest BCUT2D eigenvalue weighted by Crippen LogP contribution is 2.24. The Morgan fingerprint density at radius 1 is 0.750 bits per heavy atom. The average Bonchev–Trinajstić information content (AvgIpc) is 2.88. The molecule has 0 unspecified atom stereocenters. The van der Waals surface area contributed by atoms with E-state index in [0.717, 1.165) is 29.4 Å². The van der Waals surface area contributed by atoms with Gasteiger partial charge in [-0.1, -0.05) is 35.9 Å². The van der Waals surface area contributed by atoms with Crippen LogP contribution >= 0.6 is 11.6 Å². The molecule has 0 radical (unpaired) electrons. The van der Waals surface area contributed by atoms with E-state index in [9.17, 15) is 19.2 Å². The number of rotatable bonds is 15. The Morgan fingerprint density at radius 2 is 1.32 bits per heavy atom. The first-order chi connectivity index (χ1) is 19.0. The number of benzene rings is 2. The molecule has 0 fully saturated rings. The van der Waals surface area contributed by atoms with Crippen LogP contribution in [0.3, 0.4) is 0 Å². The van der Waals surface area contributed by atoms with E-state index in [4.69, 9.17) is 40.0 Å². The van der Waals surface area contributed by atoms with Gasteiger partial charge in [0.25, 0.3) is 0 Å². The Balaban J connectivity index is 2.28. The van der Waals surface area contributed by atoms with Gasteiger partial charge in [0.15, 0.2) is 12.2 Å². The lowest BCUT2D eigenvalue weighted by atomic mass is 10.0. The Labute approximate surface area is 238 Å². The summed E-state index contributed by atoms with van der Waals surface area (Å²) in [5.41, 5.74) is 2.62. The van der Waals surface area contributed by atoms with Crippen molar-refractivity contribution in [3.8, 4) is 5.75 Å². The van der Waals surface area contributed by atoms with E-state index in [-0.39, 0.29) is 13.2 Å². The normalized spacial score (nSPS) is 12.9. The zero-order valence-electron chi connectivity index (χ0n) is 23.3. The van der Waals surface area contributed by atoms with Crippen molar-refractivity contribution < 1.29 is 47.6 Å². The maximum atomic E-state index is 12.0. The molecular formula is C29H35ClO10. The van der Waals surface area contributed by atoms with Gasteiger partial charge in [-0.3, -0.25) is 19.2 Å². The van der Waals surface area contributed by atoms with Gasteiger partial charge >= 0.3 is 23.9 Å². The molecule has 0 saturated carbocycles. The van der Waals surface area contributed by atoms with Crippen LogP contribution in [0.15, 0.2) is 42.5 Å². The van der Waals surface area contributed by atoms with Crippen LogP contribution in [-0.4, -0.2) is 62.0 Å². The first-order valence-corrected chi connectivity index (χ1v) is 13.1. The van der Waals surface area contributed by atoms with Gasteiger partial charge in [-0.15, -0.1) is 0 Å². The van der Waals surface area contributed by atoms with Crippen molar-refractivity contribution in [2.24, 2.45) is 0 Å². The molecule has 2 rings (SSSR count). The Kier molecular flexibility index (Phi) is 13.4. The monoisotopic (exact) mass is 578 g/mol. The van der Waals surface area contributed by atoms with Crippen LogP contribution in [-0.2, 0) is 55.9 Å². The largest absolute Gasteiger partial charge is 0.494 e. The van der Waals surface area contributed by atoms with E-state index in [2.05, 4.69) is 0 Å². The van der Waals surface area contributed by atoms with Crippen LogP contribution in [0, 0.1) is 0 Å². The summed E-state index contributed by atoms with van der Waals surface area (Å²) < 4.78 is 32.4. The average molecular weight is 579 g/mol. The molecule has 11 heteroatoms. The molecule has 218 valence electrons. The van der Waals surface area contributed by atoms with Gasteiger partial charge in [-0.05, 0) is 48.2 Å². The fourth-order valence-electron chi connectivity index (χ4n) is 3.78. The topological polar surface area (TPSA) is 124 Å². The smallest absolute Gasteiger partial charge is 0.303 e. The highest BCUT2D eigenvalue weighted by molar-refractivity contribution is 6.31. The Bertz CT molecular complexity index is 1150. The first-order valence-electron chi connectivity index (χ1n) is 12.7. The lowest BCUT2D eigenvalue weighted by Crippen LogP contribution is -2.48. The summed E-state index contributed by atoms with van der Waals surface area (Å²) in [6, 6.07) is 13.1. The highest BCUT2D eigenvalue weighted by atomic mass is 35.5. The SMILES string of the molecule is CCOc1ccc(Cc2cc(CO[C@H](COC(C)=O)[C@@H](OC(C)=O)[C@@H](COC(C)=O)OC(C)=O)ccc2Cl)cc1. The van der Waals surface area contributed by atoms with Crippen LogP contribution in [0.2, 0.25) is 5.02 Å². The summed E-state index contributed by atoms with van der Waals surface area (Å²) in [5, 5.41) is 0.572. The molecular weight excluding hydrogens is 544 g/mol. The van der Waals surface area contributed by atoms with E-state index in [1.165, 1.54) is 20.8 Å². The molecule has 0 N–H and O–H groups in total. The number of hydrogen-bond acceptors (Lipinski definition) is 10. The van der Waals surface area contributed by atoms with Crippen LogP contribution in [0.1, 0.15) is 51.3 Å². The standard InChI is InChI=1S/C29H35ClO10/c1-6-35-25-10-7-22(8-11-25)13-24-14-23(9-12-26(24)30)15-38-27(16-36-18(2)31)29(40-21(5)34)28(39-20(4)33)17-37-19(3)32/h7-12,14,27-29H,6,13,15-17H2,1-5H3/t27-,28-,29-/m1/s1. The predicted molar refractivity (Wildman–Crippen MR) is 145 cm³/mol. The molecule has 3 atom stereocenters. The molecule has 10 nitrogen and oxygen atoms in total. The number of hydrogen-bond donors (Lipinski definition) is 0. The summed E-state index contributed by atoms with van der Waals surface area (Å²) in [5.74, 6) is -1.84. The zero-order valence-corrected chi connectivity index (χ0v) is 24.0. The summed E-state index contributed by atoms with van der Waals surface area (Å²) in [7, 11) is 0. The maximum absolute atomic E-state index is 12.0. The number of carbonyl (C=O) groups is 4. The van der Waals surface area contributed by atoms with E-state index < -0.39 is 48.8 Å². The zero-order chi connectivity index (χ0) is 29.7. The van der Waals surface area contributed by atoms with Gasteiger partial charge in [-0.2, -0.15) is 0 Å². The number of esters is 4. The number of carbonyl (C=O) groups excluding carboxylic acids is 4. The number of halogens is 1. The molecule has 2 aromatic carbocycles. The maximum Gasteiger partial charge on any atom is 0.303 e. The minimum Gasteiger partial charge on any atom is -0.494 e. The van der Waals surface area contributed by atoms with Gasteiger partial charge in [0.05, 0.1) is 13.2 Å². The summed E-state index contributed by atoms with van der Waals surface area (Å²) in [6.07, 6.45) is -2.98. The Morgan fingerprint density at radius 3 is 1.88 bits per heavy atom. The fourth-order valence-corrected chi connectivity index (χ4v) is 3.96. The van der Waals surface area contributed by atoms with Gasteiger partial charge in [0, 0.05) is 32.7 Å². The third-order valence-electron chi connectivity index (χ3n) is 5.46. The van der Waals surface area contributed by atoms with Crippen LogP contribution in [0.5, 0.6) is 5.75 Å². The summed E-state index contributed by atoms with van der Waals surface area (Å²) in [4.78, 5) is 46.7. The van der Waals surface area contributed by atoms with Gasteiger partial charge < -0.3 is 28.4 Å². The summed E-state index contributed by atoms with van der Waals surface area (Å²) >= 11 is 6.46. The van der Waals surface area contributed by atoms with Crippen molar-refractivity contribution in [2.75, 3.05) is 19.8 Å². The van der Waals surface area contributed by atoms with Crippen molar-refractivity contribution in [3.63, 3.8) is 0 Å². The quantitative estimate of drug-likeness (QED) is 0.224. The molecule has 0 aromatic heterocycles. The number of ether oxygens (including phenoxy) is 6.